The maximum absolute atomic E-state index is 14.1. The van der Waals surface area contributed by atoms with Gasteiger partial charge in [-0.15, -0.1) is 0 Å². The van der Waals surface area contributed by atoms with Crippen LogP contribution in [0.2, 0.25) is 10.1 Å². The van der Waals surface area contributed by atoms with Crippen LogP contribution in [0.4, 0.5) is 8.22 Å². The maximum atomic E-state index is 14.1. The van der Waals surface area contributed by atoms with E-state index >= 15 is 0 Å². The minimum Gasteiger partial charge on any atom is -0.264 e. The van der Waals surface area contributed by atoms with Crippen molar-refractivity contribution in [3.05, 3.63) is 28.8 Å². The fraction of sp³-hybridized carbons (Fsp3) is 0.455. The van der Waals surface area contributed by atoms with Gasteiger partial charge in [0.1, 0.15) is 0 Å². The van der Waals surface area contributed by atoms with Gasteiger partial charge in [-0.3, -0.25) is 8.22 Å². The van der Waals surface area contributed by atoms with Gasteiger partial charge in [0.05, 0.1) is 0 Å². The van der Waals surface area contributed by atoms with Crippen LogP contribution < -0.4 is 5.19 Å². The second-order valence-electron chi connectivity index (χ2n) is 4.84. The molecule has 84 valence electrons. The van der Waals surface area contributed by atoms with E-state index in [2.05, 4.69) is 0 Å². The summed E-state index contributed by atoms with van der Waals surface area (Å²) in [4.78, 5) is 0. The lowest BCUT2D eigenvalue weighted by Gasteiger charge is -2.27. The Morgan fingerprint density at radius 1 is 1.13 bits per heavy atom. The van der Waals surface area contributed by atoms with Gasteiger partial charge in [0.2, 0.25) is 0 Å². The summed E-state index contributed by atoms with van der Waals surface area (Å²) in [6.07, 6.45) is 0. The van der Waals surface area contributed by atoms with Crippen LogP contribution in [0.1, 0.15) is 26.3 Å². The normalized spacial score (nSPS) is 13.0. The largest absolute Gasteiger partial charge is 0.460 e. The highest BCUT2D eigenvalue weighted by atomic mass is 35.5. The molecule has 0 spiro atoms. The van der Waals surface area contributed by atoms with Gasteiger partial charge in [-0.1, -0.05) is 38.4 Å². The lowest BCUT2D eigenvalue weighted by atomic mass is 10.2. The molecule has 0 saturated carbocycles. The second kappa shape index (κ2) is 3.87. The minimum atomic E-state index is -4.43. The van der Waals surface area contributed by atoms with Gasteiger partial charge < -0.3 is 0 Å². The summed E-state index contributed by atoms with van der Waals surface area (Å²) in [5.41, 5.74) is 0.786. The van der Waals surface area contributed by atoms with Crippen LogP contribution in [0.25, 0.3) is 0 Å². The molecular formula is C11H15ClF2Si. The van der Waals surface area contributed by atoms with Crippen molar-refractivity contribution < 1.29 is 8.22 Å². The highest BCUT2D eigenvalue weighted by Crippen LogP contribution is 2.38. The Bertz CT molecular complexity index is 349. The van der Waals surface area contributed by atoms with E-state index in [4.69, 9.17) is 11.6 Å². The van der Waals surface area contributed by atoms with Crippen molar-refractivity contribution >= 4 is 25.5 Å². The summed E-state index contributed by atoms with van der Waals surface area (Å²) < 4.78 is 28.2. The Balaban J connectivity index is 3.27. The van der Waals surface area contributed by atoms with Crippen molar-refractivity contribution in [3.8, 4) is 0 Å². The third-order valence-electron chi connectivity index (χ3n) is 2.35. The van der Waals surface area contributed by atoms with Crippen LogP contribution >= 0.6 is 11.6 Å². The summed E-state index contributed by atoms with van der Waals surface area (Å²) in [5, 5.41) is -0.453. The first-order valence-electron chi connectivity index (χ1n) is 4.80. The van der Waals surface area contributed by atoms with Crippen molar-refractivity contribution in [1.29, 1.82) is 0 Å². The molecule has 0 bridgehead atoms. The van der Waals surface area contributed by atoms with Crippen LogP contribution in [0.3, 0.4) is 0 Å². The SMILES string of the molecule is Cc1cc(Cl)cc([Si](F)(F)C(C)(C)C)c1. The lowest BCUT2D eigenvalue weighted by molar-refractivity contribution is 0.519. The number of hydrogen-bond donors (Lipinski definition) is 0. The fourth-order valence-electron chi connectivity index (χ4n) is 1.35. The van der Waals surface area contributed by atoms with Gasteiger partial charge in [0.25, 0.3) is 0 Å². The van der Waals surface area contributed by atoms with Gasteiger partial charge in [0, 0.05) is 15.2 Å². The predicted octanol–water partition coefficient (Wildman–Crippen LogP) is 4.04. The Hall–Kier alpha value is -0.413. The molecule has 0 atom stereocenters. The topological polar surface area (TPSA) is 0 Å². The molecule has 0 aliphatic heterocycles. The smallest absolute Gasteiger partial charge is 0.264 e. The Morgan fingerprint density at radius 3 is 2.07 bits per heavy atom. The molecule has 0 nitrogen and oxygen atoms in total. The first-order valence-corrected chi connectivity index (χ1v) is 6.93. The van der Waals surface area contributed by atoms with Gasteiger partial charge in [0.15, 0.2) is 0 Å². The van der Waals surface area contributed by atoms with E-state index in [9.17, 15) is 8.22 Å². The average Bonchev–Trinajstić information content (AvgIpc) is 1.99. The van der Waals surface area contributed by atoms with Crippen molar-refractivity contribution in [2.24, 2.45) is 0 Å². The Kier molecular flexibility index (Phi) is 3.26. The van der Waals surface area contributed by atoms with E-state index in [1.54, 1.807) is 39.8 Å². The third kappa shape index (κ3) is 2.58. The van der Waals surface area contributed by atoms with E-state index in [1.807, 2.05) is 0 Å². The van der Waals surface area contributed by atoms with Crippen molar-refractivity contribution in [3.63, 3.8) is 0 Å². The molecule has 0 amide bonds. The second-order valence-corrected chi connectivity index (χ2v) is 8.50. The molecule has 0 aliphatic carbocycles. The molecule has 0 fully saturated rings. The lowest BCUT2D eigenvalue weighted by Crippen LogP contribution is -2.47. The molecular weight excluding hydrogens is 234 g/mol. The highest BCUT2D eigenvalue weighted by Gasteiger charge is 2.50. The van der Waals surface area contributed by atoms with Crippen LogP contribution in [0, 0.1) is 6.92 Å². The monoisotopic (exact) mass is 248 g/mol. The van der Waals surface area contributed by atoms with E-state index in [0.29, 0.717) is 5.02 Å². The van der Waals surface area contributed by atoms with Crippen LogP contribution in [-0.4, -0.2) is 8.74 Å². The molecule has 15 heavy (non-hydrogen) atoms. The molecule has 4 heteroatoms. The third-order valence-corrected chi connectivity index (χ3v) is 5.46. The van der Waals surface area contributed by atoms with Gasteiger partial charge >= 0.3 is 8.74 Å². The van der Waals surface area contributed by atoms with Crippen LogP contribution in [0.5, 0.6) is 0 Å². The van der Waals surface area contributed by atoms with E-state index < -0.39 is 13.8 Å². The highest BCUT2D eigenvalue weighted by molar-refractivity contribution is 6.82. The average molecular weight is 249 g/mol. The summed E-state index contributed by atoms with van der Waals surface area (Å²) in [6.45, 7) is 6.52. The zero-order valence-corrected chi connectivity index (χ0v) is 11.1. The molecule has 1 rings (SSSR count). The summed E-state index contributed by atoms with van der Waals surface area (Å²) >= 11 is 5.80. The molecule has 0 radical (unpaired) electrons. The Morgan fingerprint density at radius 2 is 1.67 bits per heavy atom. The number of benzene rings is 1. The quantitative estimate of drug-likeness (QED) is 0.520. The summed E-state index contributed by atoms with van der Waals surface area (Å²) in [6, 6.07) is 4.63. The summed E-state index contributed by atoms with van der Waals surface area (Å²) in [5.74, 6) is 0. The zero-order chi connectivity index (χ0) is 11.9. The summed E-state index contributed by atoms with van der Waals surface area (Å²) in [7, 11) is -4.43. The maximum Gasteiger partial charge on any atom is 0.460 e. The van der Waals surface area contributed by atoms with Gasteiger partial charge in [-0.25, -0.2) is 0 Å². The predicted molar refractivity (Wildman–Crippen MR) is 63.5 cm³/mol. The molecule has 1 aromatic carbocycles. The molecule has 0 heterocycles. The van der Waals surface area contributed by atoms with E-state index in [-0.39, 0.29) is 5.19 Å². The molecule has 0 aliphatic rings. The first-order chi connectivity index (χ1) is 6.64. The van der Waals surface area contributed by atoms with Crippen LogP contribution in [-0.2, 0) is 0 Å². The molecule has 0 saturated heterocycles. The molecule has 1 aromatic rings. The standard InChI is InChI=1S/C11H15ClF2Si/c1-8-5-9(12)7-10(6-8)15(13,14)11(2,3)4/h5-7H,1-4H3. The number of halogens is 3. The Labute approximate surface area is 95.6 Å². The van der Waals surface area contributed by atoms with Crippen molar-refractivity contribution in [1.82, 2.24) is 0 Å². The molecule has 0 aromatic heterocycles. The van der Waals surface area contributed by atoms with Crippen molar-refractivity contribution in [2.45, 2.75) is 32.7 Å². The number of rotatable bonds is 1. The molecule has 0 unspecified atom stereocenters. The number of aryl methyl sites for hydroxylation is 1. The fourth-order valence-corrected chi connectivity index (χ4v) is 3.34. The van der Waals surface area contributed by atoms with E-state index in [0.717, 1.165) is 5.56 Å². The van der Waals surface area contributed by atoms with E-state index in [1.165, 1.54) is 6.07 Å². The first kappa shape index (κ1) is 12.7. The van der Waals surface area contributed by atoms with Crippen LogP contribution in [0.15, 0.2) is 18.2 Å². The van der Waals surface area contributed by atoms with Gasteiger partial charge in [-0.05, 0) is 24.6 Å². The zero-order valence-electron chi connectivity index (χ0n) is 9.37. The van der Waals surface area contributed by atoms with Crippen molar-refractivity contribution in [2.75, 3.05) is 0 Å². The molecule has 0 N–H and O–H groups in total. The minimum absolute atomic E-state index is 0.125. The number of hydrogen-bond acceptors (Lipinski definition) is 0. The van der Waals surface area contributed by atoms with Gasteiger partial charge in [-0.2, -0.15) is 0 Å².